The zero-order valence-corrected chi connectivity index (χ0v) is 9.53. The van der Waals surface area contributed by atoms with Gasteiger partial charge in [0.25, 0.3) is 0 Å². The first kappa shape index (κ1) is 10.2. The predicted octanol–water partition coefficient (Wildman–Crippen LogP) is 4.05. The fourth-order valence-corrected chi connectivity index (χ4v) is 1.51. The zero-order chi connectivity index (χ0) is 8.97. The van der Waals surface area contributed by atoms with E-state index in [2.05, 4.69) is 28.6 Å². The maximum atomic E-state index is 5.89. The molecule has 0 N–H and O–H groups in total. The molecular weight excluding hydrogens is 256 g/mol. The molecule has 0 aliphatic rings. The van der Waals surface area contributed by atoms with Crippen molar-refractivity contribution < 1.29 is 0 Å². The van der Waals surface area contributed by atoms with E-state index in [4.69, 9.17) is 11.6 Å². The van der Waals surface area contributed by atoms with E-state index in [9.17, 15) is 0 Å². The number of halogens is 2. The Morgan fingerprint density at radius 2 is 2.25 bits per heavy atom. The van der Waals surface area contributed by atoms with Crippen molar-refractivity contribution in [2.24, 2.45) is 0 Å². The van der Waals surface area contributed by atoms with Gasteiger partial charge < -0.3 is 0 Å². The van der Waals surface area contributed by atoms with E-state index in [0.717, 1.165) is 20.8 Å². The molecule has 0 aliphatic heterocycles. The summed E-state index contributed by atoms with van der Waals surface area (Å²) < 4.78 is 0.935. The first-order chi connectivity index (χ1) is 5.75. The molecular formula is C9H8BrClS. The highest BCUT2D eigenvalue weighted by molar-refractivity contribution is 9.10. The van der Waals surface area contributed by atoms with Gasteiger partial charge in [-0.15, -0.1) is 0 Å². The summed E-state index contributed by atoms with van der Waals surface area (Å²) in [4.78, 5) is 0. The van der Waals surface area contributed by atoms with E-state index in [1.807, 2.05) is 30.4 Å². The van der Waals surface area contributed by atoms with Crippen LogP contribution in [0.4, 0.5) is 0 Å². The predicted molar refractivity (Wildman–Crippen MR) is 62.0 cm³/mol. The van der Waals surface area contributed by atoms with E-state index in [1.54, 1.807) is 0 Å². The molecule has 1 aromatic carbocycles. The van der Waals surface area contributed by atoms with Crippen LogP contribution in [0.25, 0.3) is 6.08 Å². The second-order valence-electron chi connectivity index (χ2n) is 2.23. The summed E-state index contributed by atoms with van der Waals surface area (Å²) in [5.74, 6) is 0.735. The molecule has 0 nitrogen and oxygen atoms in total. The third-order valence-electron chi connectivity index (χ3n) is 1.38. The van der Waals surface area contributed by atoms with Crippen molar-refractivity contribution in [1.29, 1.82) is 0 Å². The number of rotatable bonds is 2. The lowest BCUT2D eigenvalue weighted by molar-refractivity contribution is 1.59. The second-order valence-corrected chi connectivity index (χ2v) is 3.79. The largest absolute Gasteiger partial charge is 0.175 e. The van der Waals surface area contributed by atoms with Crippen molar-refractivity contribution >= 4 is 46.2 Å². The van der Waals surface area contributed by atoms with E-state index in [0.29, 0.717) is 0 Å². The molecule has 0 amide bonds. The Kier molecular flexibility index (Phi) is 4.19. The first-order valence-corrected chi connectivity index (χ1v) is 5.27. The normalized spacial score (nSPS) is 10.9. The molecule has 0 unspecified atom stereocenters. The molecule has 1 aromatic rings. The summed E-state index contributed by atoms with van der Waals surface area (Å²) in [6, 6.07) is 5.77. The van der Waals surface area contributed by atoms with Crippen molar-refractivity contribution in [1.82, 2.24) is 0 Å². The van der Waals surface area contributed by atoms with Gasteiger partial charge in [-0.3, -0.25) is 0 Å². The van der Waals surface area contributed by atoms with Crippen LogP contribution in [0.15, 0.2) is 28.7 Å². The molecule has 3 heteroatoms. The molecule has 64 valence electrons. The average Bonchev–Trinajstić information content (AvgIpc) is 2.08. The maximum absolute atomic E-state index is 5.89. The maximum Gasteiger partial charge on any atom is 0.0554 e. The van der Waals surface area contributed by atoms with Crippen LogP contribution in [-0.4, -0.2) is 5.75 Å². The molecule has 0 atom stereocenters. The van der Waals surface area contributed by atoms with Gasteiger partial charge in [0.2, 0.25) is 0 Å². The lowest BCUT2D eigenvalue weighted by Crippen LogP contribution is -1.76. The minimum absolute atomic E-state index is 0.733. The molecule has 0 bridgehead atoms. The van der Waals surface area contributed by atoms with Crippen LogP contribution in [-0.2, 0) is 0 Å². The monoisotopic (exact) mass is 262 g/mol. The van der Waals surface area contributed by atoms with Crippen LogP contribution >= 0.6 is 40.2 Å². The highest BCUT2D eigenvalue weighted by Gasteiger charge is 1.98. The highest BCUT2D eigenvalue weighted by atomic mass is 79.9. The van der Waals surface area contributed by atoms with Gasteiger partial charge in [0.15, 0.2) is 0 Å². The average molecular weight is 264 g/mol. The lowest BCUT2D eigenvalue weighted by atomic mass is 10.2. The van der Waals surface area contributed by atoms with Crippen LogP contribution in [0, 0.1) is 0 Å². The molecule has 0 spiro atoms. The Hall–Kier alpha value is 0.0800. The van der Waals surface area contributed by atoms with Gasteiger partial charge in [0.05, 0.1) is 5.02 Å². The van der Waals surface area contributed by atoms with Gasteiger partial charge >= 0.3 is 0 Å². The number of hydrogen-bond acceptors (Lipinski definition) is 1. The minimum atomic E-state index is 0.733. The third kappa shape index (κ3) is 2.54. The van der Waals surface area contributed by atoms with Crippen molar-refractivity contribution in [3.8, 4) is 0 Å². The third-order valence-corrected chi connectivity index (χ3v) is 3.02. The van der Waals surface area contributed by atoms with Gasteiger partial charge in [-0.2, -0.15) is 12.6 Å². The van der Waals surface area contributed by atoms with E-state index < -0.39 is 0 Å². The summed E-state index contributed by atoms with van der Waals surface area (Å²) in [6.45, 7) is 0. The van der Waals surface area contributed by atoms with Crippen molar-refractivity contribution in [2.75, 3.05) is 5.75 Å². The topological polar surface area (TPSA) is 0 Å². The summed E-state index contributed by atoms with van der Waals surface area (Å²) >= 11 is 13.4. The van der Waals surface area contributed by atoms with Crippen molar-refractivity contribution in [3.05, 3.63) is 39.3 Å². The lowest BCUT2D eigenvalue weighted by Gasteiger charge is -1.99. The SMILES string of the molecule is SCC=Cc1cccc(Cl)c1Br. The first-order valence-electron chi connectivity index (χ1n) is 3.47. The van der Waals surface area contributed by atoms with Gasteiger partial charge in [0.1, 0.15) is 0 Å². The molecule has 0 heterocycles. The van der Waals surface area contributed by atoms with Gasteiger partial charge in [-0.05, 0) is 27.6 Å². The van der Waals surface area contributed by atoms with Crippen LogP contribution in [0.2, 0.25) is 5.02 Å². The molecule has 0 saturated heterocycles. The van der Waals surface area contributed by atoms with Gasteiger partial charge in [0, 0.05) is 10.2 Å². The van der Waals surface area contributed by atoms with Gasteiger partial charge in [-0.25, -0.2) is 0 Å². The number of hydrogen-bond donors (Lipinski definition) is 1. The van der Waals surface area contributed by atoms with Crippen LogP contribution < -0.4 is 0 Å². The Morgan fingerprint density at radius 1 is 1.50 bits per heavy atom. The summed E-state index contributed by atoms with van der Waals surface area (Å²) in [5, 5.41) is 0.733. The Morgan fingerprint density at radius 3 is 2.92 bits per heavy atom. The number of thiol groups is 1. The summed E-state index contributed by atoms with van der Waals surface area (Å²) in [7, 11) is 0. The molecule has 0 saturated carbocycles. The molecule has 0 aliphatic carbocycles. The Balaban J connectivity index is 3.00. The van der Waals surface area contributed by atoms with Crippen LogP contribution in [0.3, 0.4) is 0 Å². The van der Waals surface area contributed by atoms with Crippen molar-refractivity contribution in [2.45, 2.75) is 0 Å². The molecule has 0 aromatic heterocycles. The molecule has 0 fully saturated rings. The van der Waals surface area contributed by atoms with E-state index in [-0.39, 0.29) is 0 Å². The van der Waals surface area contributed by atoms with Gasteiger partial charge in [-0.1, -0.05) is 35.9 Å². The Labute approximate surface area is 91.2 Å². The summed E-state index contributed by atoms with van der Waals surface area (Å²) in [5.41, 5.74) is 1.08. The molecule has 12 heavy (non-hydrogen) atoms. The van der Waals surface area contributed by atoms with E-state index in [1.165, 1.54) is 0 Å². The van der Waals surface area contributed by atoms with Crippen molar-refractivity contribution in [3.63, 3.8) is 0 Å². The summed E-state index contributed by atoms with van der Waals surface area (Å²) in [6.07, 6.45) is 3.96. The quantitative estimate of drug-likeness (QED) is 0.765. The number of benzene rings is 1. The fraction of sp³-hybridized carbons (Fsp3) is 0.111. The highest BCUT2D eigenvalue weighted by Crippen LogP contribution is 2.26. The van der Waals surface area contributed by atoms with Crippen LogP contribution in [0.5, 0.6) is 0 Å². The van der Waals surface area contributed by atoms with E-state index >= 15 is 0 Å². The standard InChI is InChI=1S/C9H8BrClS/c10-9-7(4-2-6-12)3-1-5-8(9)11/h1-5,12H,6H2. The molecule has 0 radical (unpaired) electrons. The smallest absolute Gasteiger partial charge is 0.0554 e. The molecule has 1 rings (SSSR count). The fourth-order valence-electron chi connectivity index (χ4n) is 0.829. The van der Waals surface area contributed by atoms with Crippen LogP contribution in [0.1, 0.15) is 5.56 Å². The second kappa shape index (κ2) is 4.95. The Bertz CT molecular complexity index is 297. The minimum Gasteiger partial charge on any atom is -0.175 e. The zero-order valence-electron chi connectivity index (χ0n) is 6.30.